The predicted octanol–water partition coefficient (Wildman–Crippen LogP) is 1.12. The molecule has 1 amide bonds. The number of hydrogen-bond donors (Lipinski definition) is 2. The molecule has 0 radical (unpaired) electrons. The summed E-state index contributed by atoms with van der Waals surface area (Å²) in [5.74, 6) is 6.08. The van der Waals surface area contributed by atoms with Crippen LogP contribution >= 0.6 is 11.8 Å². The molecule has 0 aliphatic rings. The summed E-state index contributed by atoms with van der Waals surface area (Å²) in [4.78, 5) is 11.9. The van der Waals surface area contributed by atoms with Crippen molar-refractivity contribution >= 4 is 17.7 Å². The zero-order valence-corrected chi connectivity index (χ0v) is 10.5. The van der Waals surface area contributed by atoms with Crippen molar-refractivity contribution in [3.8, 4) is 11.8 Å². The molecule has 0 saturated heterocycles. The van der Waals surface area contributed by atoms with Crippen LogP contribution in [0.25, 0.3) is 0 Å². The molecule has 1 rings (SSSR count). The van der Waals surface area contributed by atoms with Gasteiger partial charge in [0.25, 0.3) is 5.91 Å². The Hall–Kier alpha value is -1.44. The minimum absolute atomic E-state index is 0.123. The van der Waals surface area contributed by atoms with E-state index in [9.17, 15) is 4.79 Å². The van der Waals surface area contributed by atoms with Crippen LogP contribution in [-0.4, -0.2) is 36.2 Å². The molecule has 0 bridgehead atoms. The van der Waals surface area contributed by atoms with Crippen molar-refractivity contribution in [3.05, 3.63) is 35.4 Å². The summed E-state index contributed by atoms with van der Waals surface area (Å²) in [6.07, 6.45) is 1.99. The van der Waals surface area contributed by atoms with Crippen LogP contribution < -0.4 is 5.32 Å². The highest BCUT2D eigenvalue weighted by molar-refractivity contribution is 7.98. The van der Waals surface area contributed by atoms with Crippen LogP contribution in [0.3, 0.4) is 0 Å². The van der Waals surface area contributed by atoms with E-state index in [1.165, 1.54) is 0 Å². The van der Waals surface area contributed by atoms with Gasteiger partial charge in [0.05, 0.1) is 5.56 Å². The average molecular weight is 249 g/mol. The third-order valence-electron chi connectivity index (χ3n) is 2.07. The van der Waals surface area contributed by atoms with Crippen LogP contribution in [0.2, 0.25) is 0 Å². The minimum Gasteiger partial charge on any atom is -0.384 e. The Kier molecular flexibility index (Phi) is 6.23. The summed E-state index contributed by atoms with van der Waals surface area (Å²) < 4.78 is 0. The van der Waals surface area contributed by atoms with E-state index in [1.807, 2.05) is 12.3 Å². The van der Waals surface area contributed by atoms with E-state index in [1.54, 1.807) is 30.0 Å². The zero-order valence-electron chi connectivity index (χ0n) is 9.69. The van der Waals surface area contributed by atoms with E-state index in [0.717, 1.165) is 5.75 Å². The number of carbonyl (C=O) groups excluding carboxylic acids is 1. The fraction of sp³-hybridized carbons (Fsp3) is 0.308. The van der Waals surface area contributed by atoms with Crippen LogP contribution in [0.5, 0.6) is 0 Å². The molecule has 0 saturated carbocycles. The van der Waals surface area contributed by atoms with Gasteiger partial charge in [0.2, 0.25) is 0 Å². The molecule has 4 heteroatoms. The van der Waals surface area contributed by atoms with Gasteiger partial charge in [-0.2, -0.15) is 11.8 Å². The molecule has 0 aliphatic carbocycles. The van der Waals surface area contributed by atoms with Gasteiger partial charge in [-0.25, -0.2) is 0 Å². The Morgan fingerprint density at radius 1 is 1.47 bits per heavy atom. The third kappa shape index (κ3) is 4.51. The molecular formula is C13H15NO2S. The monoisotopic (exact) mass is 249 g/mol. The van der Waals surface area contributed by atoms with Crippen molar-refractivity contribution in [2.24, 2.45) is 0 Å². The van der Waals surface area contributed by atoms with E-state index in [0.29, 0.717) is 17.7 Å². The van der Waals surface area contributed by atoms with Gasteiger partial charge in [-0.1, -0.05) is 24.0 Å². The van der Waals surface area contributed by atoms with Crippen molar-refractivity contribution in [3.63, 3.8) is 0 Å². The van der Waals surface area contributed by atoms with Crippen LogP contribution in [0.1, 0.15) is 15.9 Å². The smallest absolute Gasteiger partial charge is 0.252 e. The number of nitrogens with one attached hydrogen (secondary N) is 1. The third-order valence-corrected chi connectivity index (χ3v) is 2.68. The first-order chi connectivity index (χ1) is 8.29. The Labute approximate surface area is 106 Å². The molecule has 0 aromatic heterocycles. The number of hydrogen-bond acceptors (Lipinski definition) is 3. The fourth-order valence-electron chi connectivity index (χ4n) is 1.29. The van der Waals surface area contributed by atoms with Gasteiger partial charge in [-0.3, -0.25) is 4.79 Å². The largest absolute Gasteiger partial charge is 0.384 e. The Bertz CT molecular complexity index is 435. The van der Waals surface area contributed by atoms with E-state index in [4.69, 9.17) is 5.11 Å². The van der Waals surface area contributed by atoms with Crippen molar-refractivity contribution in [1.82, 2.24) is 5.32 Å². The molecular weight excluding hydrogens is 234 g/mol. The first-order valence-electron chi connectivity index (χ1n) is 5.25. The second kappa shape index (κ2) is 7.77. The number of thioether (sulfide) groups is 1. The summed E-state index contributed by atoms with van der Waals surface area (Å²) in [6.45, 7) is 0.435. The van der Waals surface area contributed by atoms with Gasteiger partial charge in [0.15, 0.2) is 0 Å². The van der Waals surface area contributed by atoms with Gasteiger partial charge < -0.3 is 10.4 Å². The SMILES string of the molecule is CSCCNC(=O)c1ccccc1C#CCO. The second-order valence-electron chi connectivity index (χ2n) is 3.25. The standard InChI is InChI=1S/C13H15NO2S/c1-17-10-8-14-13(16)12-7-3-2-5-11(12)6-4-9-15/h2-3,5,7,15H,8-10H2,1H3,(H,14,16). The molecule has 17 heavy (non-hydrogen) atoms. The lowest BCUT2D eigenvalue weighted by Gasteiger charge is -2.05. The van der Waals surface area contributed by atoms with E-state index in [-0.39, 0.29) is 12.5 Å². The number of aliphatic hydroxyl groups is 1. The lowest BCUT2D eigenvalue weighted by atomic mass is 10.1. The Morgan fingerprint density at radius 3 is 2.94 bits per heavy atom. The Balaban J connectivity index is 2.78. The first kappa shape index (κ1) is 13.6. The number of aliphatic hydroxyl groups excluding tert-OH is 1. The summed E-state index contributed by atoms with van der Waals surface area (Å²) >= 11 is 1.68. The van der Waals surface area contributed by atoms with Crippen LogP contribution in [0, 0.1) is 11.8 Å². The van der Waals surface area contributed by atoms with E-state index in [2.05, 4.69) is 17.2 Å². The van der Waals surface area contributed by atoms with Crippen LogP contribution in [0.4, 0.5) is 0 Å². The molecule has 1 aromatic rings. The van der Waals surface area contributed by atoms with E-state index >= 15 is 0 Å². The van der Waals surface area contributed by atoms with Gasteiger partial charge in [-0.15, -0.1) is 0 Å². The number of benzene rings is 1. The maximum absolute atomic E-state index is 11.9. The molecule has 0 unspecified atom stereocenters. The highest BCUT2D eigenvalue weighted by Gasteiger charge is 2.08. The van der Waals surface area contributed by atoms with Gasteiger partial charge in [0, 0.05) is 17.9 Å². The van der Waals surface area contributed by atoms with Crippen molar-refractivity contribution in [2.45, 2.75) is 0 Å². The summed E-state index contributed by atoms with van der Waals surface area (Å²) in [5, 5.41) is 11.5. The summed E-state index contributed by atoms with van der Waals surface area (Å²) in [6, 6.07) is 7.12. The van der Waals surface area contributed by atoms with E-state index < -0.39 is 0 Å². The van der Waals surface area contributed by atoms with Gasteiger partial charge in [0.1, 0.15) is 6.61 Å². The van der Waals surface area contributed by atoms with Crippen LogP contribution in [-0.2, 0) is 0 Å². The summed E-state index contributed by atoms with van der Waals surface area (Å²) in [5.41, 5.74) is 1.19. The average Bonchev–Trinajstić information content (AvgIpc) is 2.37. The van der Waals surface area contributed by atoms with Crippen molar-refractivity contribution in [1.29, 1.82) is 0 Å². The second-order valence-corrected chi connectivity index (χ2v) is 4.24. The number of rotatable bonds is 4. The maximum atomic E-state index is 11.9. The molecule has 0 atom stereocenters. The maximum Gasteiger partial charge on any atom is 0.252 e. The van der Waals surface area contributed by atoms with Crippen molar-refractivity contribution in [2.75, 3.05) is 25.2 Å². The number of amides is 1. The predicted molar refractivity (Wildman–Crippen MR) is 71.1 cm³/mol. The minimum atomic E-state index is -0.206. The van der Waals surface area contributed by atoms with Crippen LogP contribution in [0.15, 0.2) is 24.3 Å². The first-order valence-corrected chi connectivity index (χ1v) is 6.65. The highest BCUT2D eigenvalue weighted by Crippen LogP contribution is 2.07. The molecule has 0 heterocycles. The van der Waals surface area contributed by atoms with Gasteiger partial charge >= 0.3 is 0 Å². The zero-order chi connectivity index (χ0) is 12.5. The Morgan fingerprint density at radius 2 is 2.24 bits per heavy atom. The van der Waals surface area contributed by atoms with Crippen molar-refractivity contribution < 1.29 is 9.90 Å². The fourth-order valence-corrected chi connectivity index (χ4v) is 1.59. The molecule has 0 spiro atoms. The number of carbonyl (C=O) groups is 1. The topological polar surface area (TPSA) is 49.3 Å². The highest BCUT2D eigenvalue weighted by atomic mass is 32.2. The summed E-state index contributed by atoms with van der Waals surface area (Å²) in [7, 11) is 0. The molecule has 1 aromatic carbocycles. The molecule has 3 nitrogen and oxygen atoms in total. The molecule has 0 fully saturated rings. The molecule has 0 aliphatic heterocycles. The quantitative estimate of drug-likeness (QED) is 0.621. The molecule has 2 N–H and O–H groups in total. The lowest BCUT2D eigenvalue weighted by Crippen LogP contribution is -2.26. The molecule has 90 valence electrons. The lowest BCUT2D eigenvalue weighted by molar-refractivity contribution is 0.0956. The normalized spacial score (nSPS) is 9.29. The van der Waals surface area contributed by atoms with Gasteiger partial charge in [-0.05, 0) is 18.4 Å².